The molecule has 0 aliphatic carbocycles. The molecule has 1 atom stereocenters. The Morgan fingerprint density at radius 1 is 1.45 bits per heavy atom. The minimum absolute atomic E-state index is 0.133. The summed E-state index contributed by atoms with van der Waals surface area (Å²) in [5.41, 5.74) is 0.407. The molecule has 3 nitrogen and oxygen atoms in total. The predicted molar refractivity (Wildman–Crippen MR) is 76.2 cm³/mol. The summed E-state index contributed by atoms with van der Waals surface area (Å²) in [5, 5.41) is 0.367. The first-order valence-electron chi connectivity index (χ1n) is 6.97. The van der Waals surface area contributed by atoms with Crippen LogP contribution in [0.15, 0.2) is 18.2 Å². The molecule has 0 saturated carbocycles. The highest BCUT2D eigenvalue weighted by Crippen LogP contribution is 2.34. The van der Waals surface area contributed by atoms with Gasteiger partial charge >= 0.3 is 5.97 Å². The van der Waals surface area contributed by atoms with E-state index in [4.69, 9.17) is 16.3 Å². The van der Waals surface area contributed by atoms with Crippen LogP contribution in [0.2, 0.25) is 5.02 Å². The minimum Gasteiger partial charge on any atom is -0.466 e. The zero-order valence-corrected chi connectivity index (χ0v) is 12.3. The highest BCUT2D eigenvalue weighted by Gasteiger charge is 2.29. The highest BCUT2D eigenvalue weighted by atomic mass is 35.5. The summed E-state index contributed by atoms with van der Waals surface area (Å²) in [6, 6.07) is 4.28. The van der Waals surface area contributed by atoms with Crippen molar-refractivity contribution >= 4 is 17.6 Å². The molecule has 1 aliphatic heterocycles. The van der Waals surface area contributed by atoms with Crippen molar-refractivity contribution in [2.45, 2.75) is 32.2 Å². The SMILES string of the molecule is CCOC(=O)CC(c1c(F)cccc1Cl)N1CCCC1. The number of esters is 1. The lowest BCUT2D eigenvalue weighted by Gasteiger charge is -2.28. The number of likely N-dealkylation sites (tertiary alicyclic amines) is 1. The first kappa shape index (κ1) is 15.3. The summed E-state index contributed by atoms with van der Waals surface area (Å²) in [6.07, 6.45) is 2.26. The second kappa shape index (κ2) is 7.04. The Labute approximate surface area is 123 Å². The lowest BCUT2D eigenvalue weighted by molar-refractivity contribution is -0.144. The molecule has 1 saturated heterocycles. The Morgan fingerprint density at radius 2 is 2.15 bits per heavy atom. The van der Waals surface area contributed by atoms with E-state index < -0.39 is 0 Å². The van der Waals surface area contributed by atoms with Crippen LogP contribution in [0.1, 0.15) is 37.8 Å². The molecule has 110 valence electrons. The summed E-state index contributed by atoms with van der Waals surface area (Å²) in [6.45, 7) is 3.80. The van der Waals surface area contributed by atoms with Gasteiger partial charge < -0.3 is 4.74 Å². The minimum atomic E-state index is -0.362. The Hall–Kier alpha value is -1.13. The van der Waals surface area contributed by atoms with E-state index >= 15 is 0 Å². The van der Waals surface area contributed by atoms with Crippen molar-refractivity contribution < 1.29 is 13.9 Å². The number of rotatable bonds is 5. The van der Waals surface area contributed by atoms with Gasteiger partial charge in [0, 0.05) is 16.6 Å². The maximum atomic E-state index is 14.1. The molecule has 1 unspecified atom stereocenters. The lowest BCUT2D eigenvalue weighted by Crippen LogP contribution is -2.29. The molecule has 20 heavy (non-hydrogen) atoms. The molecule has 0 spiro atoms. The zero-order chi connectivity index (χ0) is 14.5. The van der Waals surface area contributed by atoms with E-state index in [0.717, 1.165) is 25.9 Å². The number of halogens is 2. The maximum Gasteiger partial charge on any atom is 0.307 e. The van der Waals surface area contributed by atoms with E-state index in [-0.39, 0.29) is 24.2 Å². The van der Waals surface area contributed by atoms with Crippen LogP contribution in [0.25, 0.3) is 0 Å². The molecule has 1 fully saturated rings. The van der Waals surface area contributed by atoms with Crippen LogP contribution in [0.4, 0.5) is 4.39 Å². The van der Waals surface area contributed by atoms with Crippen LogP contribution in [0, 0.1) is 5.82 Å². The fourth-order valence-corrected chi connectivity index (χ4v) is 2.96. The lowest BCUT2D eigenvalue weighted by atomic mass is 10.0. The van der Waals surface area contributed by atoms with Crippen molar-refractivity contribution in [3.05, 3.63) is 34.6 Å². The third-order valence-corrected chi connectivity index (χ3v) is 3.91. The Kier molecular flexibility index (Phi) is 5.38. The van der Waals surface area contributed by atoms with E-state index in [1.54, 1.807) is 19.1 Å². The quantitative estimate of drug-likeness (QED) is 0.779. The van der Waals surface area contributed by atoms with Gasteiger partial charge in [-0.2, -0.15) is 0 Å². The monoisotopic (exact) mass is 299 g/mol. The number of carbonyl (C=O) groups is 1. The molecule has 0 amide bonds. The number of hydrogen-bond acceptors (Lipinski definition) is 3. The zero-order valence-electron chi connectivity index (χ0n) is 11.6. The van der Waals surface area contributed by atoms with Crippen molar-refractivity contribution in [2.24, 2.45) is 0 Å². The normalized spacial score (nSPS) is 17.1. The topological polar surface area (TPSA) is 29.5 Å². The van der Waals surface area contributed by atoms with Gasteiger partial charge in [0.1, 0.15) is 5.82 Å². The first-order valence-corrected chi connectivity index (χ1v) is 7.35. The van der Waals surface area contributed by atoms with Gasteiger partial charge in [0.15, 0.2) is 0 Å². The van der Waals surface area contributed by atoms with Gasteiger partial charge in [-0.1, -0.05) is 17.7 Å². The van der Waals surface area contributed by atoms with Gasteiger partial charge in [0.2, 0.25) is 0 Å². The van der Waals surface area contributed by atoms with Crippen LogP contribution in [-0.4, -0.2) is 30.6 Å². The molecule has 5 heteroatoms. The van der Waals surface area contributed by atoms with Crippen LogP contribution in [-0.2, 0) is 9.53 Å². The summed E-state index contributed by atoms with van der Waals surface area (Å²) < 4.78 is 19.1. The van der Waals surface area contributed by atoms with Gasteiger partial charge in [-0.3, -0.25) is 9.69 Å². The molecule has 1 heterocycles. The second-order valence-electron chi connectivity index (χ2n) is 4.90. The summed E-state index contributed by atoms with van der Waals surface area (Å²) in [4.78, 5) is 13.9. The Balaban J connectivity index is 2.27. The van der Waals surface area contributed by atoms with Gasteiger partial charge in [0.25, 0.3) is 0 Å². The van der Waals surface area contributed by atoms with Gasteiger partial charge in [-0.15, -0.1) is 0 Å². The first-order chi connectivity index (χ1) is 9.63. The van der Waals surface area contributed by atoms with Crippen molar-refractivity contribution in [1.29, 1.82) is 0 Å². The average molecular weight is 300 g/mol. The highest BCUT2D eigenvalue weighted by molar-refractivity contribution is 6.31. The standard InChI is InChI=1S/C15H19ClFNO2/c1-2-20-14(19)10-13(18-8-3-4-9-18)15-11(16)6-5-7-12(15)17/h5-7,13H,2-4,8-10H2,1H3. The summed E-state index contributed by atoms with van der Waals surface area (Å²) >= 11 is 6.14. The van der Waals surface area contributed by atoms with Crippen molar-refractivity contribution in [3.8, 4) is 0 Å². The van der Waals surface area contributed by atoms with Gasteiger partial charge in [0.05, 0.1) is 13.0 Å². The van der Waals surface area contributed by atoms with E-state index in [9.17, 15) is 9.18 Å². The van der Waals surface area contributed by atoms with E-state index in [1.807, 2.05) is 0 Å². The van der Waals surface area contributed by atoms with Gasteiger partial charge in [-0.25, -0.2) is 4.39 Å². The number of nitrogens with zero attached hydrogens (tertiary/aromatic N) is 1. The summed E-state index contributed by atoms with van der Waals surface area (Å²) in [5.74, 6) is -0.678. The van der Waals surface area contributed by atoms with Crippen molar-refractivity contribution in [1.82, 2.24) is 4.90 Å². The van der Waals surface area contributed by atoms with Crippen LogP contribution in [0.5, 0.6) is 0 Å². The number of ether oxygens (including phenoxy) is 1. The van der Waals surface area contributed by atoms with E-state index in [0.29, 0.717) is 17.2 Å². The van der Waals surface area contributed by atoms with Crippen LogP contribution in [0.3, 0.4) is 0 Å². The third-order valence-electron chi connectivity index (χ3n) is 3.58. The smallest absolute Gasteiger partial charge is 0.307 e. The number of hydrogen-bond donors (Lipinski definition) is 0. The molecular formula is C15H19ClFNO2. The molecule has 0 bridgehead atoms. The fraction of sp³-hybridized carbons (Fsp3) is 0.533. The molecule has 0 radical (unpaired) electrons. The fourth-order valence-electron chi connectivity index (χ4n) is 2.67. The predicted octanol–water partition coefficient (Wildman–Crippen LogP) is 3.57. The molecule has 0 N–H and O–H groups in total. The largest absolute Gasteiger partial charge is 0.466 e. The van der Waals surface area contributed by atoms with E-state index in [1.165, 1.54) is 6.07 Å². The molecule has 1 aromatic rings. The molecule has 1 aromatic carbocycles. The van der Waals surface area contributed by atoms with Crippen molar-refractivity contribution in [3.63, 3.8) is 0 Å². The molecule has 0 aromatic heterocycles. The average Bonchev–Trinajstić information content (AvgIpc) is 2.91. The summed E-state index contributed by atoms with van der Waals surface area (Å²) in [7, 11) is 0. The molecule has 1 aliphatic rings. The molecular weight excluding hydrogens is 281 g/mol. The Morgan fingerprint density at radius 3 is 2.75 bits per heavy atom. The molecule has 2 rings (SSSR count). The van der Waals surface area contributed by atoms with Crippen LogP contribution < -0.4 is 0 Å². The van der Waals surface area contributed by atoms with Crippen LogP contribution >= 0.6 is 11.6 Å². The third kappa shape index (κ3) is 3.49. The second-order valence-corrected chi connectivity index (χ2v) is 5.31. The number of benzene rings is 1. The Bertz CT molecular complexity index is 455. The van der Waals surface area contributed by atoms with Gasteiger partial charge in [-0.05, 0) is 45.0 Å². The van der Waals surface area contributed by atoms with E-state index in [2.05, 4.69) is 4.90 Å². The number of carbonyl (C=O) groups excluding carboxylic acids is 1. The maximum absolute atomic E-state index is 14.1. The van der Waals surface area contributed by atoms with Crippen molar-refractivity contribution in [2.75, 3.05) is 19.7 Å².